The summed E-state index contributed by atoms with van der Waals surface area (Å²) in [6.45, 7) is 4.23. The smallest absolute Gasteiger partial charge is 0.240 e. The highest BCUT2D eigenvalue weighted by atomic mass is 32.2. The van der Waals surface area contributed by atoms with E-state index in [4.69, 9.17) is 4.74 Å². The highest BCUT2D eigenvalue weighted by molar-refractivity contribution is 7.89. The molecule has 1 aliphatic rings. The van der Waals surface area contributed by atoms with Crippen LogP contribution in [0.3, 0.4) is 0 Å². The molecule has 0 atom stereocenters. The molecule has 0 bridgehead atoms. The van der Waals surface area contributed by atoms with Crippen LogP contribution >= 0.6 is 0 Å². The van der Waals surface area contributed by atoms with E-state index in [-0.39, 0.29) is 29.9 Å². The number of sulfonamides is 1. The number of carbonyl (C=O) groups excluding carboxylic acids is 1. The molecule has 1 fully saturated rings. The van der Waals surface area contributed by atoms with Crippen LogP contribution in [0.5, 0.6) is 5.75 Å². The molecule has 7 heteroatoms. The molecule has 0 aromatic heterocycles. The normalized spacial score (nSPS) is 14.0. The van der Waals surface area contributed by atoms with Gasteiger partial charge in [0.1, 0.15) is 5.75 Å². The van der Waals surface area contributed by atoms with Crippen molar-refractivity contribution in [1.82, 2.24) is 4.72 Å². The van der Waals surface area contributed by atoms with Crippen LogP contribution < -0.4 is 14.8 Å². The molecule has 1 amide bonds. The minimum atomic E-state index is -3.54. The van der Waals surface area contributed by atoms with Crippen LogP contribution in [0.15, 0.2) is 47.4 Å². The third-order valence-electron chi connectivity index (χ3n) is 4.47. The van der Waals surface area contributed by atoms with Gasteiger partial charge in [-0.05, 0) is 62.1 Å². The number of aryl methyl sites for hydroxylation is 1. The monoisotopic (exact) mass is 388 g/mol. The first kappa shape index (κ1) is 19.4. The van der Waals surface area contributed by atoms with Gasteiger partial charge in [0.25, 0.3) is 0 Å². The molecule has 6 nitrogen and oxygen atoms in total. The molecule has 144 valence electrons. The summed E-state index contributed by atoms with van der Waals surface area (Å²) in [7, 11) is -3.54. The van der Waals surface area contributed by atoms with Gasteiger partial charge in [0.05, 0.1) is 17.9 Å². The lowest BCUT2D eigenvalue weighted by Gasteiger charge is -2.11. The maximum atomic E-state index is 12.3. The topological polar surface area (TPSA) is 84.5 Å². The van der Waals surface area contributed by atoms with Gasteiger partial charge < -0.3 is 10.1 Å². The lowest BCUT2D eigenvalue weighted by molar-refractivity contribution is -0.116. The molecule has 0 heterocycles. The molecule has 0 unspecified atom stereocenters. The highest BCUT2D eigenvalue weighted by Gasteiger charge is 2.28. The zero-order valence-corrected chi connectivity index (χ0v) is 16.3. The number of amides is 1. The first-order valence-electron chi connectivity index (χ1n) is 8.96. The van der Waals surface area contributed by atoms with Gasteiger partial charge in [-0.3, -0.25) is 4.79 Å². The molecule has 0 radical (unpaired) electrons. The predicted molar refractivity (Wildman–Crippen MR) is 104 cm³/mol. The van der Waals surface area contributed by atoms with E-state index in [1.165, 1.54) is 12.1 Å². The fourth-order valence-electron chi connectivity index (χ4n) is 2.59. The maximum Gasteiger partial charge on any atom is 0.240 e. The van der Waals surface area contributed by atoms with Crippen LogP contribution in [-0.2, 0) is 14.8 Å². The van der Waals surface area contributed by atoms with Crippen molar-refractivity contribution in [3.05, 3.63) is 53.6 Å². The lowest BCUT2D eigenvalue weighted by Crippen LogP contribution is -2.25. The molecule has 0 spiro atoms. The van der Waals surface area contributed by atoms with Crippen molar-refractivity contribution < 1.29 is 17.9 Å². The molecule has 2 N–H and O–H groups in total. The Kier molecular flexibility index (Phi) is 5.82. The van der Waals surface area contributed by atoms with E-state index in [0.717, 1.165) is 29.7 Å². The second-order valence-corrected chi connectivity index (χ2v) is 8.48. The summed E-state index contributed by atoms with van der Waals surface area (Å²) in [4.78, 5) is 12.3. The Labute approximate surface area is 160 Å². The Morgan fingerprint density at radius 1 is 1.15 bits per heavy atom. The Balaban J connectivity index is 1.55. The number of carbonyl (C=O) groups is 1. The van der Waals surface area contributed by atoms with E-state index in [0.29, 0.717) is 5.69 Å². The molecular formula is C20H24N2O4S. The summed E-state index contributed by atoms with van der Waals surface area (Å²) in [5.41, 5.74) is 2.64. The van der Waals surface area contributed by atoms with Crippen LogP contribution in [0.4, 0.5) is 5.69 Å². The number of nitrogens with one attached hydrogen (secondary N) is 2. The first-order valence-corrected chi connectivity index (χ1v) is 10.4. The third kappa shape index (κ3) is 5.30. The fraction of sp³-hybridized carbons (Fsp3) is 0.350. The minimum absolute atomic E-state index is 0.0375. The van der Waals surface area contributed by atoms with Crippen molar-refractivity contribution in [1.29, 1.82) is 0 Å². The van der Waals surface area contributed by atoms with Gasteiger partial charge in [-0.15, -0.1) is 0 Å². The number of anilines is 1. The molecule has 2 aromatic rings. The van der Waals surface area contributed by atoms with E-state index in [9.17, 15) is 13.2 Å². The van der Waals surface area contributed by atoms with Crippen molar-refractivity contribution in [2.24, 2.45) is 0 Å². The van der Waals surface area contributed by atoms with E-state index in [1.807, 2.05) is 32.0 Å². The summed E-state index contributed by atoms with van der Waals surface area (Å²) in [6.07, 6.45) is 1.91. The minimum Gasteiger partial charge on any atom is -0.493 e. The van der Waals surface area contributed by atoms with Gasteiger partial charge in [0.15, 0.2) is 0 Å². The Bertz CT molecular complexity index is 937. The summed E-state index contributed by atoms with van der Waals surface area (Å²) in [6, 6.07) is 12.1. The Hall–Kier alpha value is -2.38. The Morgan fingerprint density at radius 2 is 1.89 bits per heavy atom. The number of hydrogen-bond acceptors (Lipinski definition) is 4. The summed E-state index contributed by atoms with van der Waals surface area (Å²) < 4.78 is 32.8. The predicted octanol–water partition coefficient (Wildman–Crippen LogP) is 3.15. The number of hydrogen-bond donors (Lipinski definition) is 2. The number of benzene rings is 2. The van der Waals surface area contributed by atoms with Crippen molar-refractivity contribution in [3.63, 3.8) is 0 Å². The zero-order chi connectivity index (χ0) is 19.4. The molecular weight excluding hydrogens is 364 g/mol. The van der Waals surface area contributed by atoms with E-state index >= 15 is 0 Å². The third-order valence-corrected chi connectivity index (χ3v) is 5.99. The number of rotatable bonds is 8. The average molecular weight is 388 g/mol. The summed E-state index contributed by atoms with van der Waals surface area (Å²) >= 11 is 0. The zero-order valence-electron chi connectivity index (χ0n) is 15.5. The van der Waals surface area contributed by atoms with E-state index < -0.39 is 10.0 Å². The summed E-state index contributed by atoms with van der Waals surface area (Å²) in [5.74, 6) is 0.534. The van der Waals surface area contributed by atoms with Gasteiger partial charge in [0.2, 0.25) is 15.9 Å². The molecule has 0 aliphatic heterocycles. The second kappa shape index (κ2) is 8.10. The van der Waals surface area contributed by atoms with Crippen molar-refractivity contribution in [2.75, 3.05) is 11.9 Å². The van der Waals surface area contributed by atoms with Gasteiger partial charge >= 0.3 is 0 Å². The molecule has 3 rings (SSSR count). The largest absolute Gasteiger partial charge is 0.493 e. The quantitative estimate of drug-likeness (QED) is 0.728. The van der Waals surface area contributed by atoms with Crippen LogP contribution in [0, 0.1) is 13.8 Å². The maximum absolute atomic E-state index is 12.3. The molecule has 1 aliphatic carbocycles. The summed E-state index contributed by atoms with van der Waals surface area (Å²) in [5, 5.41) is 2.72. The molecule has 27 heavy (non-hydrogen) atoms. The fourth-order valence-corrected chi connectivity index (χ4v) is 3.94. The van der Waals surface area contributed by atoms with E-state index in [2.05, 4.69) is 10.0 Å². The van der Waals surface area contributed by atoms with Gasteiger partial charge in [0, 0.05) is 11.7 Å². The molecule has 2 aromatic carbocycles. The first-order chi connectivity index (χ1) is 12.8. The molecule has 0 saturated heterocycles. The van der Waals surface area contributed by atoms with Crippen molar-refractivity contribution >= 4 is 21.6 Å². The van der Waals surface area contributed by atoms with Crippen LogP contribution in [0.2, 0.25) is 0 Å². The Morgan fingerprint density at radius 3 is 2.63 bits per heavy atom. The van der Waals surface area contributed by atoms with Crippen LogP contribution in [-0.4, -0.2) is 27.0 Å². The van der Waals surface area contributed by atoms with Gasteiger partial charge in [-0.2, -0.15) is 0 Å². The van der Waals surface area contributed by atoms with Crippen LogP contribution in [0.25, 0.3) is 0 Å². The van der Waals surface area contributed by atoms with Gasteiger partial charge in [-0.25, -0.2) is 13.1 Å². The number of ether oxygens (including phenoxy) is 1. The second-order valence-electron chi connectivity index (χ2n) is 6.77. The van der Waals surface area contributed by atoms with Gasteiger partial charge in [-0.1, -0.05) is 18.2 Å². The van der Waals surface area contributed by atoms with E-state index in [1.54, 1.807) is 12.1 Å². The van der Waals surface area contributed by atoms with Crippen molar-refractivity contribution in [3.8, 4) is 5.75 Å². The average Bonchev–Trinajstić information content (AvgIpc) is 3.42. The lowest BCUT2D eigenvalue weighted by atomic mass is 10.1. The molecule has 1 saturated carbocycles. The highest BCUT2D eigenvalue weighted by Crippen LogP contribution is 2.23. The standard InChI is InChI=1S/C20H24N2O4S/c1-14-5-3-8-19(15(14)2)26-12-11-20(23)21-17-6-4-7-18(13-17)27(24,25)22-16-9-10-16/h3-8,13,16,22H,9-12H2,1-2H3,(H,21,23). The SMILES string of the molecule is Cc1cccc(OCCC(=O)Nc2cccc(S(=O)(=O)NC3CC3)c2)c1C. The van der Waals surface area contributed by atoms with Crippen LogP contribution in [0.1, 0.15) is 30.4 Å². The van der Waals surface area contributed by atoms with Crippen molar-refractivity contribution in [2.45, 2.75) is 44.0 Å².